The van der Waals surface area contributed by atoms with E-state index in [2.05, 4.69) is 10.6 Å². The van der Waals surface area contributed by atoms with Crippen LogP contribution in [0.5, 0.6) is 0 Å². The quantitative estimate of drug-likeness (QED) is 0.611. The number of aliphatic hydroxyl groups excluding tert-OH is 1. The summed E-state index contributed by atoms with van der Waals surface area (Å²) in [6, 6.07) is -0.114. The van der Waals surface area contributed by atoms with Crippen LogP contribution in [0.4, 0.5) is 0 Å². The predicted octanol–water partition coefficient (Wildman–Crippen LogP) is -0.127. The van der Waals surface area contributed by atoms with Crippen molar-refractivity contribution in [2.24, 2.45) is 11.3 Å². The minimum Gasteiger partial charge on any atom is -0.394 e. The summed E-state index contributed by atoms with van der Waals surface area (Å²) in [5, 5.41) is 15.0. The zero-order chi connectivity index (χ0) is 10.9. The van der Waals surface area contributed by atoms with E-state index in [1.807, 2.05) is 6.92 Å². The molecule has 0 aromatic carbocycles. The molecular formula is C11H20N2O2. The second-order valence-corrected chi connectivity index (χ2v) is 4.96. The summed E-state index contributed by atoms with van der Waals surface area (Å²) in [4.78, 5) is 11.8. The van der Waals surface area contributed by atoms with Crippen molar-refractivity contribution in [3.63, 3.8) is 0 Å². The summed E-state index contributed by atoms with van der Waals surface area (Å²) in [5.74, 6) is 0.340. The second-order valence-electron chi connectivity index (χ2n) is 4.96. The number of piperidine rings is 1. The van der Waals surface area contributed by atoms with E-state index in [1.54, 1.807) is 0 Å². The van der Waals surface area contributed by atoms with Crippen molar-refractivity contribution in [2.45, 2.75) is 32.2 Å². The molecule has 1 spiro atoms. The Morgan fingerprint density at radius 3 is 2.87 bits per heavy atom. The maximum Gasteiger partial charge on any atom is 0.223 e. The van der Waals surface area contributed by atoms with E-state index in [9.17, 15) is 4.79 Å². The third kappa shape index (κ3) is 2.16. The van der Waals surface area contributed by atoms with Crippen molar-refractivity contribution in [1.82, 2.24) is 10.6 Å². The highest BCUT2D eigenvalue weighted by atomic mass is 16.3. The Labute approximate surface area is 90.4 Å². The molecular weight excluding hydrogens is 192 g/mol. The van der Waals surface area contributed by atoms with Gasteiger partial charge in [0.05, 0.1) is 6.61 Å². The zero-order valence-corrected chi connectivity index (χ0v) is 9.25. The number of hydrogen-bond donors (Lipinski definition) is 3. The highest BCUT2D eigenvalue weighted by Crippen LogP contribution is 2.58. The number of amides is 1. The van der Waals surface area contributed by atoms with Crippen molar-refractivity contribution >= 4 is 5.91 Å². The SMILES string of the molecule is C[C@H](CO)NC(=O)C1CC12CCNCC2. The molecule has 0 radical (unpaired) electrons. The van der Waals surface area contributed by atoms with Crippen LogP contribution in [0.3, 0.4) is 0 Å². The fraction of sp³-hybridized carbons (Fsp3) is 0.909. The molecule has 3 N–H and O–H groups in total. The maximum atomic E-state index is 11.8. The Morgan fingerprint density at radius 1 is 1.60 bits per heavy atom. The first-order valence-corrected chi connectivity index (χ1v) is 5.80. The molecule has 2 fully saturated rings. The maximum absolute atomic E-state index is 11.8. The molecule has 2 rings (SSSR count). The monoisotopic (exact) mass is 212 g/mol. The van der Waals surface area contributed by atoms with E-state index >= 15 is 0 Å². The summed E-state index contributed by atoms with van der Waals surface area (Å²) in [6.45, 7) is 3.93. The summed E-state index contributed by atoms with van der Waals surface area (Å²) < 4.78 is 0. The van der Waals surface area contributed by atoms with Crippen LogP contribution in [0.15, 0.2) is 0 Å². The van der Waals surface area contributed by atoms with Gasteiger partial charge in [0.25, 0.3) is 0 Å². The molecule has 1 aliphatic carbocycles. The lowest BCUT2D eigenvalue weighted by atomic mass is 9.91. The molecule has 1 aliphatic heterocycles. The van der Waals surface area contributed by atoms with Crippen LogP contribution in [0.1, 0.15) is 26.2 Å². The normalized spacial score (nSPS) is 29.9. The molecule has 1 amide bonds. The fourth-order valence-corrected chi connectivity index (χ4v) is 2.58. The van der Waals surface area contributed by atoms with E-state index in [-0.39, 0.29) is 24.5 Å². The minimum absolute atomic E-state index is 0.0208. The molecule has 0 aromatic heterocycles. The Balaban J connectivity index is 1.84. The molecule has 4 heteroatoms. The van der Waals surface area contributed by atoms with Gasteiger partial charge in [0.15, 0.2) is 0 Å². The molecule has 2 atom stereocenters. The topological polar surface area (TPSA) is 61.4 Å². The number of rotatable bonds is 3. The molecule has 1 saturated heterocycles. The first-order valence-electron chi connectivity index (χ1n) is 5.80. The highest BCUT2D eigenvalue weighted by Gasteiger charge is 2.57. The molecule has 1 unspecified atom stereocenters. The molecule has 0 bridgehead atoms. The smallest absolute Gasteiger partial charge is 0.223 e. The van der Waals surface area contributed by atoms with Gasteiger partial charge in [-0.25, -0.2) is 0 Å². The van der Waals surface area contributed by atoms with Crippen molar-refractivity contribution in [1.29, 1.82) is 0 Å². The second kappa shape index (κ2) is 4.10. The van der Waals surface area contributed by atoms with Gasteiger partial charge in [-0.2, -0.15) is 0 Å². The van der Waals surface area contributed by atoms with E-state index < -0.39 is 0 Å². The predicted molar refractivity (Wildman–Crippen MR) is 57.3 cm³/mol. The van der Waals surface area contributed by atoms with Gasteiger partial charge >= 0.3 is 0 Å². The largest absolute Gasteiger partial charge is 0.394 e. The fourth-order valence-electron chi connectivity index (χ4n) is 2.58. The molecule has 1 saturated carbocycles. The van der Waals surface area contributed by atoms with Crippen molar-refractivity contribution < 1.29 is 9.90 Å². The first-order chi connectivity index (χ1) is 7.18. The molecule has 4 nitrogen and oxygen atoms in total. The van der Waals surface area contributed by atoms with E-state index in [0.29, 0.717) is 5.41 Å². The van der Waals surface area contributed by atoms with Crippen LogP contribution in [-0.4, -0.2) is 36.8 Å². The Bertz CT molecular complexity index is 249. The molecule has 15 heavy (non-hydrogen) atoms. The summed E-state index contributed by atoms with van der Waals surface area (Å²) in [7, 11) is 0. The van der Waals surface area contributed by atoms with E-state index in [1.165, 1.54) is 0 Å². The average molecular weight is 212 g/mol. The third-order valence-corrected chi connectivity index (χ3v) is 3.77. The van der Waals surface area contributed by atoms with Gasteiger partial charge in [-0.1, -0.05) is 0 Å². The lowest BCUT2D eigenvalue weighted by Crippen LogP contribution is -2.38. The Hall–Kier alpha value is -0.610. The van der Waals surface area contributed by atoms with Crippen molar-refractivity contribution in [2.75, 3.05) is 19.7 Å². The van der Waals surface area contributed by atoms with Gasteiger partial charge in [-0.3, -0.25) is 4.79 Å². The van der Waals surface area contributed by atoms with Crippen LogP contribution < -0.4 is 10.6 Å². The number of hydrogen-bond acceptors (Lipinski definition) is 3. The Kier molecular flexibility index (Phi) is 2.98. The van der Waals surface area contributed by atoms with Crippen LogP contribution in [0, 0.1) is 11.3 Å². The van der Waals surface area contributed by atoms with Gasteiger partial charge < -0.3 is 15.7 Å². The number of nitrogens with one attached hydrogen (secondary N) is 2. The van der Waals surface area contributed by atoms with Gasteiger partial charge in [0, 0.05) is 12.0 Å². The van der Waals surface area contributed by atoms with Gasteiger partial charge in [0.1, 0.15) is 0 Å². The zero-order valence-electron chi connectivity index (χ0n) is 9.25. The number of carbonyl (C=O) groups is 1. The van der Waals surface area contributed by atoms with E-state index in [0.717, 1.165) is 32.4 Å². The molecule has 0 aromatic rings. The standard InChI is InChI=1S/C11H20N2O2/c1-8(7-14)13-10(15)9-6-11(9)2-4-12-5-3-11/h8-9,12,14H,2-7H2,1H3,(H,13,15)/t8-,9?/m1/s1. The lowest BCUT2D eigenvalue weighted by molar-refractivity contribution is -0.124. The Morgan fingerprint density at radius 2 is 2.27 bits per heavy atom. The van der Waals surface area contributed by atoms with Crippen LogP contribution in [-0.2, 0) is 4.79 Å². The average Bonchev–Trinajstić information content (AvgIpc) is 2.93. The number of carbonyl (C=O) groups excluding carboxylic acids is 1. The van der Waals surface area contributed by atoms with Crippen molar-refractivity contribution in [3.05, 3.63) is 0 Å². The van der Waals surface area contributed by atoms with Gasteiger partial charge in [-0.15, -0.1) is 0 Å². The number of aliphatic hydroxyl groups is 1. The van der Waals surface area contributed by atoms with Crippen LogP contribution in [0.25, 0.3) is 0 Å². The summed E-state index contributed by atoms with van der Waals surface area (Å²) in [5.41, 5.74) is 0.296. The summed E-state index contributed by atoms with van der Waals surface area (Å²) >= 11 is 0. The first kappa shape index (κ1) is 10.9. The molecule has 1 heterocycles. The third-order valence-electron chi connectivity index (χ3n) is 3.77. The van der Waals surface area contributed by atoms with Crippen LogP contribution >= 0.6 is 0 Å². The molecule has 2 aliphatic rings. The van der Waals surface area contributed by atoms with Gasteiger partial charge in [-0.05, 0) is 44.7 Å². The van der Waals surface area contributed by atoms with Gasteiger partial charge in [0.2, 0.25) is 5.91 Å². The van der Waals surface area contributed by atoms with Crippen molar-refractivity contribution in [3.8, 4) is 0 Å². The van der Waals surface area contributed by atoms with E-state index in [4.69, 9.17) is 5.11 Å². The minimum atomic E-state index is -0.114. The molecule has 86 valence electrons. The lowest BCUT2D eigenvalue weighted by Gasteiger charge is -2.23. The summed E-state index contributed by atoms with van der Waals surface area (Å²) in [6.07, 6.45) is 3.29. The highest BCUT2D eigenvalue weighted by molar-refractivity contribution is 5.82. The van der Waals surface area contributed by atoms with Crippen LogP contribution in [0.2, 0.25) is 0 Å².